The summed E-state index contributed by atoms with van der Waals surface area (Å²) >= 11 is 3.45. The highest BCUT2D eigenvalue weighted by molar-refractivity contribution is 9.10. The van der Waals surface area contributed by atoms with Gasteiger partial charge >= 0.3 is 0 Å². The molecule has 0 saturated heterocycles. The van der Waals surface area contributed by atoms with Gasteiger partial charge in [-0.3, -0.25) is 4.79 Å². The molecule has 0 atom stereocenters. The average Bonchev–Trinajstić information content (AvgIpc) is 2.17. The lowest BCUT2D eigenvalue weighted by Gasteiger charge is -2.14. The summed E-state index contributed by atoms with van der Waals surface area (Å²) in [6.45, 7) is 2.08. The Morgan fingerprint density at radius 3 is 2.73 bits per heavy atom. The molecular formula is C13H13BrO. The maximum atomic E-state index is 11.3. The first-order chi connectivity index (χ1) is 7.16. The molecule has 0 bridgehead atoms. The van der Waals surface area contributed by atoms with E-state index in [1.807, 2.05) is 6.07 Å². The molecule has 2 heteroatoms. The molecule has 0 N–H and O–H groups in total. The van der Waals surface area contributed by atoms with Crippen molar-refractivity contribution in [3.05, 3.63) is 39.9 Å². The van der Waals surface area contributed by atoms with Crippen LogP contribution in [-0.4, -0.2) is 5.78 Å². The van der Waals surface area contributed by atoms with E-state index in [9.17, 15) is 4.79 Å². The van der Waals surface area contributed by atoms with Gasteiger partial charge in [0.05, 0.1) is 0 Å². The quantitative estimate of drug-likeness (QED) is 0.752. The molecule has 0 saturated carbocycles. The molecule has 0 fully saturated rings. The number of carbonyl (C=O) groups excluding carboxylic acids is 1. The fourth-order valence-corrected chi connectivity index (χ4v) is 2.47. The smallest absolute Gasteiger partial charge is 0.155 e. The highest BCUT2D eigenvalue weighted by atomic mass is 79.9. The molecule has 78 valence electrons. The van der Waals surface area contributed by atoms with E-state index in [2.05, 4.69) is 35.0 Å². The van der Waals surface area contributed by atoms with Gasteiger partial charge in [-0.05, 0) is 54.7 Å². The van der Waals surface area contributed by atoms with Crippen LogP contribution in [0.25, 0.3) is 5.57 Å². The number of benzene rings is 1. The first kappa shape index (κ1) is 10.6. The third kappa shape index (κ3) is 2.37. The van der Waals surface area contributed by atoms with Crippen molar-refractivity contribution < 1.29 is 4.79 Å². The second kappa shape index (κ2) is 4.31. The second-order valence-electron chi connectivity index (χ2n) is 3.95. The molecule has 1 aromatic carbocycles. The fourth-order valence-electron chi connectivity index (χ4n) is 1.99. The number of hydrogen-bond donors (Lipinski definition) is 0. The van der Waals surface area contributed by atoms with E-state index in [0.29, 0.717) is 6.42 Å². The molecule has 0 aromatic heterocycles. The molecular weight excluding hydrogens is 252 g/mol. The lowest BCUT2D eigenvalue weighted by atomic mass is 9.91. The monoisotopic (exact) mass is 264 g/mol. The van der Waals surface area contributed by atoms with Crippen LogP contribution in [0.5, 0.6) is 0 Å². The van der Waals surface area contributed by atoms with Gasteiger partial charge in [-0.15, -0.1) is 0 Å². The number of carbonyl (C=O) groups is 1. The van der Waals surface area contributed by atoms with Crippen LogP contribution in [0.3, 0.4) is 0 Å². The Morgan fingerprint density at radius 1 is 1.27 bits per heavy atom. The predicted molar refractivity (Wildman–Crippen MR) is 65.7 cm³/mol. The van der Waals surface area contributed by atoms with E-state index in [1.54, 1.807) is 6.08 Å². The summed E-state index contributed by atoms with van der Waals surface area (Å²) in [6, 6.07) is 6.21. The number of ketones is 1. The molecule has 0 spiro atoms. The Balaban J connectivity index is 2.41. The minimum Gasteiger partial charge on any atom is -0.295 e. The summed E-state index contributed by atoms with van der Waals surface area (Å²) < 4.78 is 1.09. The van der Waals surface area contributed by atoms with E-state index in [1.165, 1.54) is 16.7 Å². The van der Waals surface area contributed by atoms with Crippen molar-refractivity contribution in [3.8, 4) is 0 Å². The second-order valence-corrected chi connectivity index (χ2v) is 4.86. The Kier molecular flexibility index (Phi) is 3.06. The molecule has 0 radical (unpaired) electrons. The molecule has 0 heterocycles. The zero-order chi connectivity index (χ0) is 10.8. The van der Waals surface area contributed by atoms with Crippen molar-refractivity contribution in [1.82, 2.24) is 0 Å². The van der Waals surface area contributed by atoms with Crippen LogP contribution in [0, 0.1) is 6.92 Å². The molecule has 1 aliphatic carbocycles. The number of hydrogen-bond acceptors (Lipinski definition) is 1. The molecule has 0 amide bonds. The average molecular weight is 265 g/mol. The van der Waals surface area contributed by atoms with Gasteiger partial charge in [-0.2, -0.15) is 0 Å². The van der Waals surface area contributed by atoms with Crippen molar-refractivity contribution in [3.63, 3.8) is 0 Å². The molecule has 2 rings (SSSR count). The van der Waals surface area contributed by atoms with Crippen LogP contribution in [0.1, 0.15) is 30.4 Å². The third-order valence-corrected chi connectivity index (χ3v) is 3.23. The summed E-state index contributed by atoms with van der Waals surface area (Å²) in [5, 5.41) is 0. The van der Waals surface area contributed by atoms with Crippen LogP contribution in [0.2, 0.25) is 0 Å². The normalized spacial score (nSPS) is 16.4. The summed E-state index contributed by atoms with van der Waals surface area (Å²) in [6.07, 6.45) is 4.52. The van der Waals surface area contributed by atoms with Gasteiger partial charge in [0.15, 0.2) is 5.78 Å². The largest absolute Gasteiger partial charge is 0.295 e. The van der Waals surface area contributed by atoms with Crippen LogP contribution in [-0.2, 0) is 4.79 Å². The van der Waals surface area contributed by atoms with E-state index in [0.717, 1.165) is 17.3 Å². The summed E-state index contributed by atoms with van der Waals surface area (Å²) in [4.78, 5) is 11.3. The minimum absolute atomic E-state index is 0.263. The zero-order valence-electron chi connectivity index (χ0n) is 8.72. The third-order valence-electron chi connectivity index (χ3n) is 2.74. The highest BCUT2D eigenvalue weighted by Crippen LogP contribution is 2.29. The van der Waals surface area contributed by atoms with E-state index >= 15 is 0 Å². The van der Waals surface area contributed by atoms with Gasteiger partial charge in [0, 0.05) is 10.9 Å². The van der Waals surface area contributed by atoms with Crippen LogP contribution >= 0.6 is 15.9 Å². The van der Waals surface area contributed by atoms with Crippen molar-refractivity contribution in [2.24, 2.45) is 0 Å². The number of allylic oxidation sites excluding steroid dienone is 2. The molecule has 15 heavy (non-hydrogen) atoms. The minimum atomic E-state index is 0.263. The zero-order valence-corrected chi connectivity index (χ0v) is 10.3. The van der Waals surface area contributed by atoms with Crippen LogP contribution in [0.4, 0.5) is 0 Å². The first-order valence-electron chi connectivity index (χ1n) is 5.17. The predicted octanol–water partition coefficient (Wildman–Crippen LogP) is 3.89. The standard InChI is InChI=1S/C13H13BrO/c1-9-7-11(14)5-6-13(9)10-3-2-4-12(15)8-10/h5-8H,2-4H2,1H3. The fraction of sp³-hybridized carbons (Fsp3) is 0.308. The Labute approximate surface area is 98.3 Å². The van der Waals surface area contributed by atoms with E-state index in [4.69, 9.17) is 0 Å². The Morgan fingerprint density at radius 2 is 2.07 bits per heavy atom. The highest BCUT2D eigenvalue weighted by Gasteiger charge is 2.12. The van der Waals surface area contributed by atoms with Crippen LogP contribution in [0.15, 0.2) is 28.7 Å². The topological polar surface area (TPSA) is 17.1 Å². The van der Waals surface area contributed by atoms with Crippen molar-refractivity contribution in [1.29, 1.82) is 0 Å². The maximum absolute atomic E-state index is 11.3. The van der Waals surface area contributed by atoms with E-state index in [-0.39, 0.29) is 5.78 Å². The van der Waals surface area contributed by atoms with Gasteiger partial charge in [0.2, 0.25) is 0 Å². The van der Waals surface area contributed by atoms with Gasteiger partial charge in [-0.25, -0.2) is 0 Å². The SMILES string of the molecule is Cc1cc(Br)ccc1C1=CC(=O)CCC1. The molecule has 1 aliphatic rings. The van der Waals surface area contributed by atoms with Gasteiger partial charge in [0.1, 0.15) is 0 Å². The lowest BCUT2D eigenvalue weighted by molar-refractivity contribution is -0.114. The summed E-state index contributed by atoms with van der Waals surface area (Å²) in [5.41, 5.74) is 3.63. The van der Waals surface area contributed by atoms with E-state index < -0.39 is 0 Å². The van der Waals surface area contributed by atoms with Crippen molar-refractivity contribution in [2.75, 3.05) is 0 Å². The number of rotatable bonds is 1. The summed E-state index contributed by atoms with van der Waals surface area (Å²) in [5.74, 6) is 0.263. The van der Waals surface area contributed by atoms with Crippen molar-refractivity contribution >= 4 is 27.3 Å². The molecule has 0 aliphatic heterocycles. The van der Waals surface area contributed by atoms with Gasteiger partial charge in [0.25, 0.3) is 0 Å². The van der Waals surface area contributed by atoms with Crippen molar-refractivity contribution in [2.45, 2.75) is 26.2 Å². The maximum Gasteiger partial charge on any atom is 0.155 e. The van der Waals surface area contributed by atoms with Gasteiger partial charge < -0.3 is 0 Å². The number of aryl methyl sites for hydroxylation is 1. The first-order valence-corrected chi connectivity index (χ1v) is 5.96. The molecule has 1 aromatic rings. The van der Waals surface area contributed by atoms with Crippen LogP contribution < -0.4 is 0 Å². The summed E-state index contributed by atoms with van der Waals surface area (Å²) in [7, 11) is 0. The molecule has 0 unspecified atom stereocenters. The lowest BCUT2D eigenvalue weighted by Crippen LogP contribution is -2.02. The molecule has 1 nitrogen and oxygen atoms in total. The van der Waals surface area contributed by atoms with Gasteiger partial charge in [-0.1, -0.05) is 22.0 Å². The Hall–Kier alpha value is -0.890. The number of halogens is 1. The Bertz CT molecular complexity index is 432.